The van der Waals surface area contributed by atoms with Crippen LogP contribution in [0.2, 0.25) is 0 Å². The van der Waals surface area contributed by atoms with Crippen molar-refractivity contribution in [2.45, 2.75) is 45.8 Å². The maximum absolute atomic E-state index is 11.0. The minimum atomic E-state index is -0.945. The lowest BCUT2D eigenvalue weighted by molar-refractivity contribution is 0.0441. The molecule has 82 valence electrons. The molecular formula is C10H19NO3. The third kappa shape index (κ3) is 1.59. The highest BCUT2D eigenvalue weighted by Gasteiger charge is 2.51. The molecule has 0 radical (unpaired) electrons. The van der Waals surface area contributed by atoms with Crippen LogP contribution in [0.4, 0.5) is 4.79 Å². The van der Waals surface area contributed by atoms with E-state index < -0.39 is 17.7 Å². The highest BCUT2D eigenvalue weighted by Crippen LogP contribution is 2.43. The summed E-state index contributed by atoms with van der Waals surface area (Å²) in [4.78, 5) is 12.4. The van der Waals surface area contributed by atoms with E-state index in [-0.39, 0.29) is 12.0 Å². The zero-order valence-electron chi connectivity index (χ0n) is 9.24. The van der Waals surface area contributed by atoms with Gasteiger partial charge in [-0.2, -0.15) is 0 Å². The summed E-state index contributed by atoms with van der Waals surface area (Å²) >= 11 is 0. The molecular weight excluding hydrogens is 182 g/mol. The van der Waals surface area contributed by atoms with Gasteiger partial charge < -0.3 is 10.2 Å². The van der Waals surface area contributed by atoms with Crippen LogP contribution in [-0.4, -0.2) is 39.4 Å². The molecule has 2 N–H and O–H groups in total. The summed E-state index contributed by atoms with van der Waals surface area (Å²) in [7, 11) is 0. The van der Waals surface area contributed by atoms with Crippen molar-refractivity contribution in [3.8, 4) is 0 Å². The van der Waals surface area contributed by atoms with E-state index in [9.17, 15) is 9.90 Å². The third-order valence-electron chi connectivity index (χ3n) is 3.47. The van der Waals surface area contributed by atoms with E-state index in [1.165, 1.54) is 4.90 Å². The molecule has 2 atom stereocenters. The average Bonchev–Trinajstić information content (AvgIpc) is 2.25. The Kier molecular flexibility index (Phi) is 2.52. The lowest BCUT2D eigenvalue weighted by Gasteiger charge is -2.44. The highest BCUT2D eigenvalue weighted by molar-refractivity contribution is 5.67. The summed E-state index contributed by atoms with van der Waals surface area (Å²) in [6.07, 6.45) is -0.961. The van der Waals surface area contributed by atoms with Crippen molar-refractivity contribution in [1.29, 1.82) is 0 Å². The van der Waals surface area contributed by atoms with Crippen LogP contribution in [0.1, 0.15) is 34.1 Å². The number of aliphatic hydroxyl groups is 1. The van der Waals surface area contributed by atoms with Crippen molar-refractivity contribution in [1.82, 2.24) is 4.90 Å². The second kappa shape index (κ2) is 3.12. The van der Waals surface area contributed by atoms with Crippen LogP contribution in [-0.2, 0) is 0 Å². The number of carboxylic acid groups (broad SMARTS) is 1. The zero-order valence-corrected chi connectivity index (χ0v) is 9.24. The zero-order chi connectivity index (χ0) is 11.1. The predicted molar refractivity (Wildman–Crippen MR) is 53.2 cm³/mol. The summed E-state index contributed by atoms with van der Waals surface area (Å²) < 4.78 is 0. The molecule has 4 heteroatoms. The van der Waals surface area contributed by atoms with Crippen molar-refractivity contribution in [3.05, 3.63) is 0 Å². The Bertz CT molecular complexity index is 246. The number of rotatable bonds is 0. The number of amides is 1. The molecule has 14 heavy (non-hydrogen) atoms. The van der Waals surface area contributed by atoms with Crippen LogP contribution >= 0.6 is 0 Å². The van der Waals surface area contributed by atoms with Crippen molar-refractivity contribution >= 4 is 6.09 Å². The maximum Gasteiger partial charge on any atom is 0.407 e. The van der Waals surface area contributed by atoms with E-state index in [4.69, 9.17) is 5.11 Å². The Morgan fingerprint density at radius 1 is 1.50 bits per heavy atom. The van der Waals surface area contributed by atoms with Gasteiger partial charge in [-0.1, -0.05) is 20.8 Å². The second-order valence-electron chi connectivity index (χ2n) is 5.27. The Morgan fingerprint density at radius 3 is 2.29 bits per heavy atom. The van der Waals surface area contributed by atoms with Crippen molar-refractivity contribution in [2.24, 2.45) is 5.41 Å². The summed E-state index contributed by atoms with van der Waals surface area (Å²) in [6, 6.07) is 0. The van der Waals surface area contributed by atoms with Gasteiger partial charge >= 0.3 is 6.09 Å². The fraction of sp³-hybridized carbons (Fsp3) is 0.900. The molecule has 0 aliphatic carbocycles. The van der Waals surface area contributed by atoms with Gasteiger partial charge in [-0.25, -0.2) is 4.79 Å². The number of nitrogens with zero attached hydrogens (tertiary/aromatic N) is 1. The van der Waals surface area contributed by atoms with E-state index in [1.807, 2.05) is 27.7 Å². The summed E-state index contributed by atoms with van der Waals surface area (Å²) in [5.74, 6) is 0. The first-order valence-corrected chi connectivity index (χ1v) is 4.87. The van der Waals surface area contributed by atoms with E-state index in [1.54, 1.807) is 0 Å². The standard InChI is InChI=1S/C10H19NO3/c1-9(2,3)10(4)5-7(12)6-11(10)8(13)14/h7,12H,5-6H2,1-4H3,(H,13,14)/t7?,10-/m1/s1. The highest BCUT2D eigenvalue weighted by atomic mass is 16.4. The quantitative estimate of drug-likeness (QED) is 0.625. The first-order chi connectivity index (χ1) is 6.18. The summed E-state index contributed by atoms with van der Waals surface area (Å²) in [6.45, 7) is 8.13. The molecule has 0 aromatic heterocycles. The Hall–Kier alpha value is -0.770. The molecule has 1 aliphatic heterocycles. The molecule has 0 spiro atoms. The van der Waals surface area contributed by atoms with Crippen LogP contribution in [0.3, 0.4) is 0 Å². The number of β-amino-alcohol motifs (C(OH)–C–C–N with tert-alkyl or cyclic N) is 1. The van der Waals surface area contributed by atoms with Crippen LogP contribution in [0, 0.1) is 5.41 Å². The van der Waals surface area contributed by atoms with Gasteiger partial charge in [0.05, 0.1) is 18.2 Å². The molecule has 0 aromatic carbocycles. The van der Waals surface area contributed by atoms with Gasteiger partial charge in [0, 0.05) is 0 Å². The normalized spacial score (nSPS) is 33.5. The van der Waals surface area contributed by atoms with Gasteiger partial charge in [0.25, 0.3) is 0 Å². The predicted octanol–water partition coefficient (Wildman–Crippen LogP) is 1.54. The van der Waals surface area contributed by atoms with E-state index >= 15 is 0 Å². The first kappa shape index (κ1) is 11.3. The Balaban J connectivity index is 3.01. The lowest BCUT2D eigenvalue weighted by atomic mass is 9.73. The SMILES string of the molecule is CC(C)(C)[C@@]1(C)CC(O)CN1C(=O)O. The van der Waals surface area contributed by atoms with E-state index in [0.717, 1.165) is 0 Å². The molecule has 1 heterocycles. The third-order valence-corrected chi connectivity index (χ3v) is 3.47. The monoisotopic (exact) mass is 201 g/mol. The van der Waals surface area contributed by atoms with Crippen molar-refractivity contribution in [2.75, 3.05) is 6.54 Å². The molecule has 1 rings (SSSR count). The molecule has 1 unspecified atom stereocenters. The average molecular weight is 201 g/mol. The molecule has 1 saturated heterocycles. The lowest BCUT2D eigenvalue weighted by Crippen LogP contribution is -2.52. The first-order valence-electron chi connectivity index (χ1n) is 4.87. The Labute approximate surface area is 84.5 Å². The molecule has 1 aliphatic rings. The maximum atomic E-state index is 11.0. The number of hydrogen-bond donors (Lipinski definition) is 2. The van der Waals surface area contributed by atoms with Gasteiger partial charge in [-0.15, -0.1) is 0 Å². The largest absolute Gasteiger partial charge is 0.465 e. The molecule has 4 nitrogen and oxygen atoms in total. The molecule has 0 aromatic rings. The minimum Gasteiger partial charge on any atom is -0.465 e. The number of hydrogen-bond acceptors (Lipinski definition) is 2. The van der Waals surface area contributed by atoms with E-state index in [0.29, 0.717) is 6.42 Å². The number of aliphatic hydroxyl groups excluding tert-OH is 1. The fourth-order valence-corrected chi connectivity index (χ4v) is 2.05. The van der Waals surface area contributed by atoms with Gasteiger partial charge in [0.15, 0.2) is 0 Å². The summed E-state index contributed by atoms with van der Waals surface area (Å²) in [5.41, 5.74) is -0.638. The van der Waals surface area contributed by atoms with Crippen LogP contribution < -0.4 is 0 Å². The number of likely N-dealkylation sites (tertiary alicyclic amines) is 1. The van der Waals surface area contributed by atoms with Gasteiger partial charge in [-0.05, 0) is 18.8 Å². The molecule has 1 fully saturated rings. The molecule has 1 amide bonds. The minimum absolute atomic E-state index is 0.164. The van der Waals surface area contributed by atoms with Crippen molar-refractivity contribution in [3.63, 3.8) is 0 Å². The van der Waals surface area contributed by atoms with Crippen LogP contribution in [0.15, 0.2) is 0 Å². The smallest absolute Gasteiger partial charge is 0.407 e. The second-order valence-corrected chi connectivity index (χ2v) is 5.27. The van der Waals surface area contributed by atoms with Gasteiger partial charge in [0.1, 0.15) is 0 Å². The topological polar surface area (TPSA) is 60.8 Å². The van der Waals surface area contributed by atoms with Gasteiger partial charge in [0.2, 0.25) is 0 Å². The fourth-order valence-electron chi connectivity index (χ4n) is 2.05. The summed E-state index contributed by atoms with van der Waals surface area (Å²) in [5, 5.41) is 18.6. The molecule has 0 saturated carbocycles. The van der Waals surface area contributed by atoms with E-state index in [2.05, 4.69) is 0 Å². The van der Waals surface area contributed by atoms with Crippen molar-refractivity contribution < 1.29 is 15.0 Å². The number of carbonyl (C=O) groups is 1. The Morgan fingerprint density at radius 2 is 2.00 bits per heavy atom. The molecule has 0 bridgehead atoms. The van der Waals surface area contributed by atoms with Gasteiger partial charge in [-0.3, -0.25) is 4.90 Å². The van der Waals surface area contributed by atoms with Crippen LogP contribution in [0.25, 0.3) is 0 Å². The van der Waals surface area contributed by atoms with Crippen LogP contribution in [0.5, 0.6) is 0 Å².